The molecule has 13 heteroatoms. The number of rotatable bonds is 11. The Morgan fingerprint density at radius 3 is 2.06 bits per heavy atom. The van der Waals surface area contributed by atoms with E-state index < -0.39 is 41.0 Å². The Kier molecular flexibility index (Phi) is 10.3. The van der Waals surface area contributed by atoms with Gasteiger partial charge in [0.25, 0.3) is 5.56 Å². The lowest BCUT2D eigenvalue weighted by Crippen LogP contribution is -2.38. The average Bonchev–Trinajstić information content (AvgIpc) is 3.60. The number of nitrogens with one attached hydrogen (secondary N) is 1. The van der Waals surface area contributed by atoms with Crippen molar-refractivity contribution < 1.29 is 28.0 Å². The highest BCUT2D eigenvalue weighted by Crippen LogP contribution is 2.70. The number of aromatic nitrogens is 2. The van der Waals surface area contributed by atoms with Crippen molar-refractivity contribution >= 4 is 28.9 Å². The molecule has 0 aliphatic carbocycles. The van der Waals surface area contributed by atoms with Crippen LogP contribution in [0.15, 0.2) is 94.6 Å². The Labute approximate surface area is 288 Å². The standard InChI is InChI=1S/C35H39N2O8PS2/c1-22-20-37(34(39)36-33(22)38)32-19-30(45-46(47)44-23(2)24(3)48-46)31(43-32)21-42-35(25-9-7-6-8-10-25,26-11-15-28(40-4)16-12-26)27-13-17-29(41-5)18-14-27/h6-18,20,23-24,30-32H,19,21H2,1-5H3,(H,36,38,39)/t23?,24?,30-,31+,32-,46?/m0/s1. The first-order valence-corrected chi connectivity index (χ1v) is 19.8. The van der Waals surface area contributed by atoms with Crippen molar-refractivity contribution in [3.05, 3.63) is 128 Å². The van der Waals surface area contributed by atoms with E-state index in [4.69, 9.17) is 39.8 Å². The molecule has 3 heterocycles. The fourth-order valence-corrected chi connectivity index (χ4v) is 12.8. The maximum Gasteiger partial charge on any atom is 0.330 e. The predicted molar refractivity (Wildman–Crippen MR) is 190 cm³/mol. The van der Waals surface area contributed by atoms with Crippen LogP contribution in [0.5, 0.6) is 11.5 Å². The largest absolute Gasteiger partial charge is 0.497 e. The lowest BCUT2D eigenvalue weighted by atomic mass is 9.80. The summed E-state index contributed by atoms with van der Waals surface area (Å²) >= 11 is 7.49. The van der Waals surface area contributed by atoms with Gasteiger partial charge in [-0.15, -0.1) is 0 Å². The van der Waals surface area contributed by atoms with E-state index in [1.807, 2.05) is 85.8 Å². The van der Waals surface area contributed by atoms with E-state index in [0.717, 1.165) is 16.7 Å². The number of methoxy groups -OCH3 is 2. The molecule has 2 saturated heterocycles. The molecule has 6 atom stereocenters. The van der Waals surface area contributed by atoms with Crippen molar-refractivity contribution in [2.24, 2.45) is 0 Å². The van der Waals surface area contributed by atoms with Gasteiger partial charge in [0.15, 0.2) is 0 Å². The van der Waals surface area contributed by atoms with E-state index in [0.29, 0.717) is 23.5 Å². The van der Waals surface area contributed by atoms with Crippen molar-refractivity contribution in [1.29, 1.82) is 0 Å². The normalized spacial score (nSPS) is 25.6. The minimum Gasteiger partial charge on any atom is -0.497 e. The quantitative estimate of drug-likeness (QED) is 0.141. The topological polar surface area (TPSA) is 110 Å². The van der Waals surface area contributed by atoms with Gasteiger partial charge in [0.2, 0.25) is 5.69 Å². The van der Waals surface area contributed by atoms with Gasteiger partial charge in [0.05, 0.1) is 33.0 Å². The number of ether oxygens (including phenoxy) is 4. The average molecular weight is 711 g/mol. The Morgan fingerprint density at radius 1 is 0.938 bits per heavy atom. The summed E-state index contributed by atoms with van der Waals surface area (Å²) in [5, 5.41) is 0.170. The summed E-state index contributed by atoms with van der Waals surface area (Å²) in [4.78, 5) is 27.5. The smallest absolute Gasteiger partial charge is 0.330 e. The molecule has 48 heavy (non-hydrogen) atoms. The first kappa shape index (κ1) is 34.6. The van der Waals surface area contributed by atoms with E-state index >= 15 is 0 Å². The van der Waals surface area contributed by atoms with E-state index in [2.05, 4.69) is 11.9 Å². The third kappa shape index (κ3) is 6.93. The van der Waals surface area contributed by atoms with Crippen LogP contribution in [0.1, 0.15) is 48.8 Å². The maximum absolute atomic E-state index is 13.0. The van der Waals surface area contributed by atoms with Crippen LogP contribution < -0.4 is 20.7 Å². The van der Waals surface area contributed by atoms with Crippen LogP contribution in [0, 0.1) is 6.92 Å². The highest BCUT2D eigenvalue weighted by atomic mass is 32.9. The van der Waals surface area contributed by atoms with Gasteiger partial charge >= 0.3 is 5.69 Å². The summed E-state index contributed by atoms with van der Waals surface area (Å²) in [5.74, 6) is 1.43. The number of hydrogen-bond donors (Lipinski definition) is 1. The molecule has 3 unspecified atom stereocenters. The second kappa shape index (κ2) is 14.3. The number of nitrogens with zero attached hydrogens (tertiary/aromatic N) is 1. The number of H-pyrrole nitrogens is 1. The molecule has 10 nitrogen and oxygen atoms in total. The van der Waals surface area contributed by atoms with Crippen LogP contribution in [0.4, 0.5) is 0 Å². The molecule has 1 aromatic heterocycles. The van der Waals surface area contributed by atoms with Crippen LogP contribution in [-0.4, -0.2) is 53.9 Å². The molecule has 4 aromatic rings. The first-order chi connectivity index (χ1) is 23.0. The molecule has 2 aliphatic heterocycles. The number of benzene rings is 3. The first-order valence-electron chi connectivity index (χ1n) is 15.7. The summed E-state index contributed by atoms with van der Waals surface area (Å²) in [6.45, 7) is 5.77. The molecule has 0 amide bonds. The summed E-state index contributed by atoms with van der Waals surface area (Å²) in [7, 11) is 3.26. The number of aryl methyl sites for hydroxylation is 1. The molecule has 0 spiro atoms. The van der Waals surface area contributed by atoms with Crippen LogP contribution in [-0.2, 0) is 35.9 Å². The molecule has 0 saturated carbocycles. The third-order valence-corrected chi connectivity index (χ3v) is 14.5. The van der Waals surface area contributed by atoms with Gasteiger partial charge in [-0.2, -0.15) is 0 Å². The zero-order chi connectivity index (χ0) is 34.1. The van der Waals surface area contributed by atoms with Gasteiger partial charge in [-0.1, -0.05) is 72.9 Å². The van der Waals surface area contributed by atoms with Crippen molar-refractivity contribution in [3.63, 3.8) is 0 Å². The maximum atomic E-state index is 13.0. The fourth-order valence-electron chi connectivity index (χ4n) is 6.03. The van der Waals surface area contributed by atoms with Crippen molar-refractivity contribution in [2.75, 3.05) is 20.8 Å². The summed E-state index contributed by atoms with van der Waals surface area (Å²) in [6, 6.07) is 25.5. The minimum atomic E-state index is -2.73. The van der Waals surface area contributed by atoms with Gasteiger partial charge in [0, 0.05) is 23.4 Å². The lowest BCUT2D eigenvalue weighted by molar-refractivity contribution is -0.0916. The molecule has 0 bridgehead atoms. The molecule has 0 radical (unpaired) electrons. The summed E-state index contributed by atoms with van der Waals surface area (Å²) in [6.07, 6.45) is -0.195. The van der Waals surface area contributed by atoms with Crippen molar-refractivity contribution in [3.8, 4) is 11.5 Å². The third-order valence-electron chi connectivity index (χ3n) is 8.79. The van der Waals surface area contributed by atoms with Crippen LogP contribution in [0.3, 0.4) is 0 Å². The Balaban J connectivity index is 1.42. The molecule has 2 aliphatic rings. The van der Waals surface area contributed by atoms with E-state index in [-0.39, 0.29) is 18.0 Å². The Hall–Kier alpha value is -3.22. The highest BCUT2D eigenvalue weighted by Gasteiger charge is 2.47. The number of hydrogen-bond acceptors (Lipinski definition) is 10. The summed E-state index contributed by atoms with van der Waals surface area (Å²) < 4.78 is 38.9. The molecular formula is C35H39N2O8PS2. The van der Waals surface area contributed by atoms with Gasteiger partial charge < -0.3 is 28.0 Å². The minimum absolute atomic E-state index is 0.0611. The van der Waals surface area contributed by atoms with Gasteiger partial charge in [-0.3, -0.25) is 14.3 Å². The Bertz CT molecular complexity index is 1820. The SMILES string of the molecule is COc1ccc(C(OC[C@H]2O[C@H](n3cc(C)c(=O)[nH]c3=O)C[C@@H]2OP2(=S)OC(C)C(C)S2)(c2ccccc2)c2ccc(OC)cc2)cc1. The molecule has 2 fully saturated rings. The second-order valence-corrected chi connectivity index (χ2v) is 18.4. The second-order valence-electron chi connectivity index (χ2n) is 11.9. The number of aromatic amines is 1. The molecule has 6 rings (SSSR count). The van der Waals surface area contributed by atoms with Crippen molar-refractivity contribution in [1.82, 2.24) is 9.55 Å². The van der Waals surface area contributed by atoms with Crippen LogP contribution in [0.25, 0.3) is 0 Å². The van der Waals surface area contributed by atoms with E-state index in [1.54, 1.807) is 21.1 Å². The van der Waals surface area contributed by atoms with Crippen LogP contribution >= 0.6 is 17.1 Å². The van der Waals surface area contributed by atoms with E-state index in [1.165, 1.54) is 22.1 Å². The van der Waals surface area contributed by atoms with Crippen LogP contribution in [0.2, 0.25) is 0 Å². The fraction of sp³-hybridized carbons (Fsp3) is 0.371. The zero-order valence-corrected chi connectivity index (χ0v) is 29.9. The molecule has 1 N–H and O–H groups in total. The Morgan fingerprint density at radius 2 is 1.52 bits per heavy atom. The van der Waals surface area contributed by atoms with E-state index in [9.17, 15) is 9.59 Å². The van der Waals surface area contributed by atoms with Crippen molar-refractivity contribution in [2.45, 2.75) is 62.6 Å². The molecule has 254 valence electrons. The molecular weight excluding hydrogens is 671 g/mol. The predicted octanol–water partition coefficient (Wildman–Crippen LogP) is 6.31. The zero-order valence-electron chi connectivity index (χ0n) is 27.4. The molecule has 3 aromatic carbocycles. The monoisotopic (exact) mass is 710 g/mol. The van der Waals surface area contributed by atoms with Gasteiger partial charge in [-0.05, 0) is 66.6 Å². The lowest BCUT2D eigenvalue weighted by Gasteiger charge is -2.37. The highest BCUT2D eigenvalue weighted by molar-refractivity contribution is 8.68. The summed E-state index contributed by atoms with van der Waals surface area (Å²) in [5.41, 5.74) is -1.83. The van der Waals surface area contributed by atoms with Gasteiger partial charge in [-0.25, -0.2) is 4.79 Å². The van der Waals surface area contributed by atoms with Gasteiger partial charge in [0.1, 0.15) is 29.4 Å².